The molecule has 3 heteroatoms. The first-order chi connectivity index (χ1) is 17.6. The third-order valence-corrected chi connectivity index (χ3v) is 5.58. The van der Waals surface area contributed by atoms with E-state index >= 15 is 0 Å². The molecule has 0 radical (unpaired) electrons. The monoisotopic (exact) mass is 505 g/mol. The quantitative estimate of drug-likeness (QED) is 0.288. The lowest BCUT2D eigenvalue weighted by molar-refractivity contribution is 0.459. The molecule has 0 saturated carbocycles. The fraction of sp³-hybridized carbons (Fsp3) is 0.412. The molecule has 0 bridgehead atoms. The Hall–Kier alpha value is -2.88. The van der Waals surface area contributed by atoms with Crippen LogP contribution in [0.2, 0.25) is 0 Å². The Morgan fingerprint density at radius 2 is 1.57 bits per heavy atom. The van der Waals surface area contributed by atoms with E-state index < -0.39 is 0 Å². The Balaban J connectivity index is 0. The van der Waals surface area contributed by atoms with Crippen LogP contribution in [-0.4, -0.2) is 27.7 Å². The lowest BCUT2D eigenvalue weighted by Crippen LogP contribution is -2.14. The van der Waals surface area contributed by atoms with Crippen molar-refractivity contribution in [3.63, 3.8) is 0 Å². The van der Waals surface area contributed by atoms with E-state index in [1.165, 1.54) is 29.5 Å². The van der Waals surface area contributed by atoms with Crippen LogP contribution in [0.1, 0.15) is 62.8 Å². The van der Waals surface area contributed by atoms with E-state index in [2.05, 4.69) is 93.6 Å². The van der Waals surface area contributed by atoms with Gasteiger partial charge < -0.3 is 16.4 Å². The molecule has 0 aliphatic heterocycles. The Morgan fingerprint density at radius 3 is 1.95 bits per heavy atom. The van der Waals surface area contributed by atoms with Crippen LogP contribution >= 0.6 is 0 Å². The highest BCUT2D eigenvalue weighted by atomic mass is 14.8. The van der Waals surface area contributed by atoms with Gasteiger partial charge in [-0.25, -0.2) is 0 Å². The minimum absolute atomic E-state index is 0.656. The Morgan fingerprint density at radius 1 is 0.973 bits per heavy atom. The first kappa shape index (κ1) is 36.3. The highest BCUT2D eigenvalue weighted by molar-refractivity contribution is 5.61. The van der Waals surface area contributed by atoms with E-state index in [1.807, 2.05) is 53.2 Å². The van der Waals surface area contributed by atoms with E-state index in [4.69, 9.17) is 5.73 Å². The van der Waals surface area contributed by atoms with Crippen molar-refractivity contribution in [3.8, 4) is 0 Å². The van der Waals surface area contributed by atoms with Gasteiger partial charge in [0.15, 0.2) is 0 Å². The van der Waals surface area contributed by atoms with Gasteiger partial charge in [0.1, 0.15) is 0 Å². The van der Waals surface area contributed by atoms with E-state index in [0.29, 0.717) is 5.70 Å². The normalized spacial score (nSPS) is 10.6. The van der Waals surface area contributed by atoms with Crippen LogP contribution in [0, 0.1) is 12.8 Å². The highest BCUT2D eigenvalue weighted by Crippen LogP contribution is 2.20. The third-order valence-electron chi connectivity index (χ3n) is 5.58. The second kappa shape index (κ2) is 23.5. The van der Waals surface area contributed by atoms with Crippen LogP contribution in [0.15, 0.2) is 91.6 Å². The molecular formula is C34H55N3. The van der Waals surface area contributed by atoms with Crippen molar-refractivity contribution in [2.75, 3.05) is 27.7 Å². The molecule has 3 nitrogen and oxygen atoms in total. The first-order valence-corrected chi connectivity index (χ1v) is 13.4. The van der Waals surface area contributed by atoms with Crippen molar-refractivity contribution in [2.24, 2.45) is 11.7 Å². The predicted octanol–water partition coefficient (Wildman–Crippen LogP) is 7.88. The summed E-state index contributed by atoms with van der Waals surface area (Å²) in [5.74, 6) is 0.734. The smallest absolute Gasteiger partial charge is 0.0314 e. The number of hydrogen-bond donors (Lipinski definition) is 3. The maximum Gasteiger partial charge on any atom is 0.0314 e. The summed E-state index contributed by atoms with van der Waals surface area (Å²) in [6.45, 7) is 22.8. The summed E-state index contributed by atoms with van der Waals surface area (Å²) in [6, 6.07) is 17.0. The molecule has 1 atom stereocenters. The molecular weight excluding hydrogens is 450 g/mol. The molecule has 0 fully saturated rings. The van der Waals surface area contributed by atoms with Gasteiger partial charge in [-0.15, -0.1) is 0 Å². The van der Waals surface area contributed by atoms with E-state index in [-0.39, 0.29) is 0 Å². The molecule has 0 heterocycles. The summed E-state index contributed by atoms with van der Waals surface area (Å²) in [4.78, 5) is 0. The fourth-order valence-electron chi connectivity index (χ4n) is 3.36. The average molecular weight is 506 g/mol. The molecule has 0 aromatic heterocycles. The van der Waals surface area contributed by atoms with Crippen molar-refractivity contribution in [3.05, 3.63) is 114 Å². The number of allylic oxidation sites excluding steroid dienone is 4. The molecule has 2 aromatic carbocycles. The van der Waals surface area contributed by atoms with Gasteiger partial charge in [0, 0.05) is 5.70 Å². The number of nitrogens with two attached hydrogens (primary N) is 1. The van der Waals surface area contributed by atoms with E-state index in [0.717, 1.165) is 42.0 Å². The van der Waals surface area contributed by atoms with Crippen LogP contribution in [-0.2, 0) is 12.8 Å². The molecule has 1 unspecified atom stereocenters. The van der Waals surface area contributed by atoms with Gasteiger partial charge in [0.2, 0.25) is 0 Å². The number of nitrogens with one attached hydrogen (secondary N) is 2. The molecule has 0 spiro atoms. The summed E-state index contributed by atoms with van der Waals surface area (Å²) in [5, 5.41) is 5.98. The van der Waals surface area contributed by atoms with Gasteiger partial charge >= 0.3 is 0 Å². The topological polar surface area (TPSA) is 50.1 Å². The maximum absolute atomic E-state index is 5.79. The van der Waals surface area contributed by atoms with Crippen molar-refractivity contribution >= 4 is 5.70 Å². The summed E-state index contributed by atoms with van der Waals surface area (Å²) >= 11 is 0. The van der Waals surface area contributed by atoms with Gasteiger partial charge in [0.05, 0.1) is 0 Å². The second-order valence-corrected chi connectivity index (χ2v) is 9.25. The Labute approximate surface area is 229 Å². The van der Waals surface area contributed by atoms with Gasteiger partial charge in [-0.3, -0.25) is 0 Å². The SMILES string of the molecule is C=C(C)C(=C)/C=C\C.C=C(N)c1cc(C)cc(CC(CC)CCNC)c1.CCc1ccccc1.CNC. The molecule has 206 valence electrons. The lowest BCUT2D eigenvalue weighted by Gasteiger charge is -2.16. The third kappa shape index (κ3) is 19.9. The minimum Gasteiger partial charge on any atom is -0.399 e. The maximum atomic E-state index is 5.79. The summed E-state index contributed by atoms with van der Waals surface area (Å²) in [7, 11) is 5.76. The van der Waals surface area contributed by atoms with Crippen molar-refractivity contribution in [1.82, 2.24) is 10.6 Å². The minimum atomic E-state index is 0.656. The average Bonchev–Trinajstić information content (AvgIpc) is 2.88. The van der Waals surface area contributed by atoms with Crippen molar-refractivity contribution in [1.29, 1.82) is 0 Å². The fourth-order valence-corrected chi connectivity index (χ4v) is 3.36. The molecule has 0 saturated heterocycles. The molecule has 0 aliphatic carbocycles. The van der Waals surface area contributed by atoms with E-state index in [1.54, 1.807) is 0 Å². The van der Waals surface area contributed by atoms with Crippen LogP contribution in [0.4, 0.5) is 0 Å². The number of rotatable bonds is 10. The number of aryl methyl sites for hydroxylation is 2. The van der Waals surface area contributed by atoms with Gasteiger partial charge in [-0.1, -0.05) is 99.7 Å². The zero-order chi connectivity index (χ0) is 28.6. The van der Waals surface area contributed by atoms with E-state index in [9.17, 15) is 0 Å². The molecule has 2 rings (SSSR count). The van der Waals surface area contributed by atoms with Gasteiger partial charge in [0.25, 0.3) is 0 Å². The zero-order valence-electron chi connectivity index (χ0n) is 25.1. The van der Waals surface area contributed by atoms with Crippen molar-refractivity contribution in [2.45, 2.75) is 60.3 Å². The second-order valence-electron chi connectivity index (χ2n) is 9.25. The summed E-state index contributed by atoms with van der Waals surface area (Å²) in [5.41, 5.74) is 13.6. The van der Waals surface area contributed by atoms with Crippen LogP contribution in [0.25, 0.3) is 5.70 Å². The zero-order valence-corrected chi connectivity index (χ0v) is 25.1. The van der Waals surface area contributed by atoms with Crippen LogP contribution < -0.4 is 16.4 Å². The largest absolute Gasteiger partial charge is 0.399 e. The number of benzene rings is 2. The van der Waals surface area contributed by atoms with Crippen LogP contribution in [0.3, 0.4) is 0 Å². The summed E-state index contributed by atoms with van der Waals surface area (Å²) < 4.78 is 0. The molecule has 4 N–H and O–H groups in total. The van der Waals surface area contributed by atoms with Crippen LogP contribution in [0.5, 0.6) is 0 Å². The van der Waals surface area contributed by atoms with Crippen molar-refractivity contribution < 1.29 is 0 Å². The Bertz CT molecular complexity index is 910. The standard InChI is InChI=1S/C16H26N2.C8H10.C8H12.C2H7N/c1-5-14(6-7-18-4)10-15-8-12(2)9-16(11-15)13(3)17;1-2-8-6-4-3-5-7-8;1-5-6-8(4)7(2)3;1-3-2/h8-9,11,14,18H,3,5-7,10,17H2,1-2,4H3;3-7H,2H2,1H3;5-6H,2,4H2,1,3H3;3H,1-2H3/b;;6-5-;. The molecule has 2 aromatic rings. The summed E-state index contributed by atoms with van der Waals surface area (Å²) in [6.07, 6.45) is 8.61. The Kier molecular flexibility index (Phi) is 23.1. The lowest BCUT2D eigenvalue weighted by atomic mass is 9.92. The highest BCUT2D eigenvalue weighted by Gasteiger charge is 2.08. The molecule has 0 aliphatic rings. The number of hydrogen-bond acceptors (Lipinski definition) is 3. The molecule has 37 heavy (non-hydrogen) atoms. The first-order valence-electron chi connectivity index (χ1n) is 13.4. The predicted molar refractivity (Wildman–Crippen MR) is 170 cm³/mol. The van der Waals surface area contributed by atoms with Gasteiger partial charge in [-0.2, -0.15) is 0 Å². The van der Waals surface area contributed by atoms with Gasteiger partial charge in [-0.05, 0) is 108 Å². The molecule has 0 amide bonds.